The van der Waals surface area contributed by atoms with Crippen molar-refractivity contribution in [3.05, 3.63) is 126 Å². The number of methoxy groups -OCH3 is 1. The lowest BCUT2D eigenvalue weighted by atomic mass is 9.90. The van der Waals surface area contributed by atoms with E-state index in [1.807, 2.05) is 32.0 Å². The van der Waals surface area contributed by atoms with Gasteiger partial charge in [-0.15, -0.1) is 0 Å². The van der Waals surface area contributed by atoms with E-state index in [2.05, 4.69) is 10.3 Å². The lowest BCUT2D eigenvalue weighted by Crippen LogP contribution is -2.44. The van der Waals surface area contributed by atoms with Crippen LogP contribution in [0, 0.1) is 5.92 Å². The van der Waals surface area contributed by atoms with Crippen molar-refractivity contribution in [1.29, 1.82) is 0 Å². The Morgan fingerprint density at radius 2 is 1.69 bits per heavy atom. The van der Waals surface area contributed by atoms with E-state index in [1.54, 1.807) is 51.4 Å². The van der Waals surface area contributed by atoms with E-state index in [0.29, 0.717) is 51.8 Å². The molecule has 336 valence electrons. The van der Waals surface area contributed by atoms with E-state index >= 15 is 0 Å². The number of halogens is 2. The fraction of sp³-hybridized carbons (Fsp3) is 0.362. The number of aromatic nitrogens is 6. The van der Waals surface area contributed by atoms with Crippen LogP contribution in [-0.2, 0) is 30.1 Å². The number of likely N-dealkylation sites (tertiary alicyclic amines) is 1. The zero-order valence-electron chi connectivity index (χ0n) is 37.4. The van der Waals surface area contributed by atoms with Crippen LogP contribution in [0.15, 0.2) is 76.6 Å². The molecule has 65 heavy (non-hydrogen) atoms. The lowest BCUT2D eigenvalue weighted by Gasteiger charge is -2.32. The molecule has 4 amide bonds. The number of amides is 4. The molecule has 2 atom stereocenters. The monoisotopic (exact) mass is 920 g/mol. The molecule has 0 spiro atoms. The van der Waals surface area contributed by atoms with Gasteiger partial charge < -0.3 is 18.8 Å². The number of hydrogen-bond donors (Lipinski definition) is 1. The molecular weight excluding hydrogens is 873 g/mol. The molecule has 4 aromatic heterocycles. The first-order valence-electron chi connectivity index (χ1n) is 22.0. The molecule has 2 saturated heterocycles. The summed E-state index contributed by atoms with van der Waals surface area (Å²) in [6.45, 7) is 4.83. The molecule has 6 aromatic rings. The molecule has 1 unspecified atom stereocenters. The highest BCUT2D eigenvalue weighted by Crippen LogP contribution is 2.45. The molecule has 0 saturated carbocycles. The summed E-state index contributed by atoms with van der Waals surface area (Å²) in [6.07, 6.45) is 6.54. The number of anilines is 1. The quantitative estimate of drug-likeness (QED) is 0.152. The Morgan fingerprint density at radius 3 is 2.38 bits per heavy atom. The Kier molecular flexibility index (Phi) is 11.2. The summed E-state index contributed by atoms with van der Waals surface area (Å²) in [5.41, 5.74) is 2.62. The van der Waals surface area contributed by atoms with E-state index in [4.69, 9.17) is 32.9 Å². The molecule has 18 heteroatoms. The number of carbonyl (C=O) groups excluding carboxylic acids is 4. The Hall–Kier alpha value is -6.52. The number of ether oxygens (including phenoxy) is 1. The van der Waals surface area contributed by atoms with E-state index in [9.17, 15) is 30.1 Å². The number of benzene rings is 2. The molecular formula is C47H47Cl2N9O7. The number of imidazole rings is 2. The Morgan fingerprint density at radius 1 is 0.954 bits per heavy atom. The van der Waals surface area contributed by atoms with Gasteiger partial charge >= 0.3 is 5.69 Å². The van der Waals surface area contributed by atoms with Gasteiger partial charge in [0.1, 0.15) is 23.6 Å². The van der Waals surface area contributed by atoms with Crippen molar-refractivity contribution in [2.24, 2.45) is 20.0 Å². The van der Waals surface area contributed by atoms with Gasteiger partial charge in [0.2, 0.25) is 17.7 Å². The maximum atomic E-state index is 14.7. The third-order valence-corrected chi connectivity index (χ3v) is 13.2. The first-order valence-corrected chi connectivity index (χ1v) is 22.2. The standard InChI is InChI=1S/C47H47Cl2N9O7/c1-25(2)56-40-38(46(63)58(36-22-31(49)24-53(3)45(36)62)39(40)28-9-11-30(48)12-10-28)52-41(56)32-21-29(23-50-43(32)65-5)44(61)55-18-16-26(17-19-55)6-7-27-8-13-33-35(20-27)54(4)47(64)57(33)34-14-15-37(59)51-42(34)60/h8-13,20-26,34,39H,6-7,14-19H2,1-5H3,(H,51,59,60)/t34?,39-/m0/s1/i39D. The van der Waals surface area contributed by atoms with Crippen LogP contribution in [0.2, 0.25) is 10.0 Å². The number of nitrogens with one attached hydrogen (secondary N) is 1. The van der Waals surface area contributed by atoms with Crippen molar-refractivity contribution >= 4 is 63.6 Å². The average Bonchev–Trinajstić information content (AvgIpc) is 3.89. The molecule has 16 nitrogen and oxygen atoms in total. The molecule has 3 aliphatic rings. The second-order valence-electron chi connectivity index (χ2n) is 17.1. The highest BCUT2D eigenvalue weighted by Gasteiger charge is 2.46. The van der Waals surface area contributed by atoms with Gasteiger partial charge in [-0.2, -0.15) is 0 Å². The minimum Gasteiger partial charge on any atom is -0.480 e. The fourth-order valence-corrected chi connectivity index (χ4v) is 9.77. The van der Waals surface area contributed by atoms with Crippen LogP contribution in [-0.4, -0.2) is 77.0 Å². The average molecular weight is 922 g/mol. The van der Waals surface area contributed by atoms with Gasteiger partial charge in [0.25, 0.3) is 17.4 Å². The van der Waals surface area contributed by atoms with Crippen LogP contribution in [0.5, 0.6) is 5.88 Å². The molecule has 9 rings (SSSR count). The van der Waals surface area contributed by atoms with E-state index in [-0.39, 0.29) is 70.2 Å². The maximum absolute atomic E-state index is 14.7. The number of carbonyl (C=O) groups is 4. The van der Waals surface area contributed by atoms with Crippen molar-refractivity contribution in [3.63, 3.8) is 0 Å². The first kappa shape index (κ1) is 42.4. The van der Waals surface area contributed by atoms with Gasteiger partial charge in [-0.25, -0.2) is 14.8 Å². The Balaban J connectivity index is 0.962. The summed E-state index contributed by atoms with van der Waals surface area (Å²) >= 11 is 12.7. The number of hydrogen-bond acceptors (Lipinski definition) is 9. The predicted octanol–water partition coefficient (Wildman–Crippen LogP) is 6.41. The van der Waals surface area contributed by atoms with Gasteiger partial charge in [0.05, 0.1) is 41.4 Å². The van der Waals surface area contributed by atoms with Crippen molar-refractivity contribution in [1.82, 2.24) is 38.5 Å². The number of fused-ring (bicyclic) bond motifs is 2. The van der Waals surface area contributed by atoms with Crippen molar-refractivity contribution in [3.8, 4) is 17.3 Å². The predicted molar refractivity (Wildman–Crippen MR) is 245 cm³/mol. The zero-order valence-corrected chi connectivity index (χ0v) is 37.9. The second kappa shape index (κ2) is 17.1. The third-order valence-electron chi connectivity index (χ3n) is 12.7. The van der Waals surface area contributed by atoms with Crippen LogP contribution in [0.4, 0.5) is 5.69 Å². The largest absolute Gasteiger partial charge is 0.480 e. The maximum Gasteiger partial charge on any atom is 0.329 e. The van der Waals surface area contributed by atoms with Gasteiger partial charge in [0.15, 0.2) is 5.69 Å². The summed E-state index contributed by atoms with van der Waals surface area (Å²) in [7, 11) is 4.65. The molecule has 0 radical (unpaired) electrons. The zero-order chi connectivity index (χ0) is 46.9. The minimum absolute atomic E-state index is 0.0545. The summed E-state index contributed by atoms with van der Waals surface area (Å²) in [6, 6.07) is 12.2. The first-order chi connectivity index (χ1) is 31.5. The summed E-state index contributed by atoms with van der Waals surface area (Å²) in [4.78, 5) is 92.5. The fourth-order valence-electron chi connectivity index (χ4n) is 9.40. The van der Waals surface area contributed by atoms with Crippen LogP contribution < -0.4 is 26.2 Å². The molecule has 2 fully saturated rings. The van der Waals surface area contributed by atoms with Crippen molar-refractivity contribution in [2.45, 2.75) is 70.5 Å². The van der Waals surface area contributed by atoms with Gasteiger partial charge in [-0.3, -0.25) is 43.3 Å². The van der Waals surface area contributed by atoms with E-state index in [1.165, 1.54) is 41.8 Å². The molecule has 3 aliphatic heterocycles. The molecule has 0 aliphatic carbocycles. The SMILES string of the molecule is [2H][C@]1(c2ccc(Cl)cc2)c2c(nc(-c3cc(C(=O)N4CCC(CCc5ccc6c(c5)n(C)c(=O)n6C5CCC(=O)NC5=O)CC4)cnc3OC)n2C(C)C)C(=O)N1c1cc(Cl)cn(C)c1=O. The van der Waals surface area contributed by atoms with Gasteiger partial charge in [-0.05, 0) is 99.4 Å². The van der Waals surface area contributed by atoms with Gasteiger partial charge in [-0.1, -0.05) is 41.4 Å². The van der Waals surface area contributed by atoms with E-state index < -0.39 is 29.4 Å². The highest BCUT2D eigenvalue weighted by molar-refractivity contribution is 6.31. The Bertz CT molecular complexity index is 3110. The van der Waals surface area contributed by atoms with Crippen molar-refractivity contribution in [2.75, 3.05) is 25.1 Å². The van der Waals surface area contributed by atoms with Crippen LogP contribution in [0.3, 0.4) is 0 Å². The summed E-state index contributed by atoms with van der Waals surface area (Å²) in [5.74, 6) is -0.942. The highest BCUT2D eigenvalue weighted by atomic mass is 35.5. The molecule has 2 aromatic carbocycles. The topological polar surface area (TPSA) is 176 Å². The number of aryl methyl sites for hydroxylation is 3. The van der Waals surface area contributed by atoms with Crippen LogP contribution in [0.1, 0.15) is 103 Å². The minimum atomic E-state index is -2.02. The number of imide groups is 1. The van der Waals surface area contributed by atoms with E-state index in [0.717, 1.165) is 36.1 Å². The third kappa shape index (κ3) is 7.71. The molecule has 7 heterocycles. The summed E-state index contributed by atoms with van der Waals surface area (Å²) in [5, 5.41) is 2.96. The van der Waals surface area contributed by atoms with Crippen molar-refractivity contribution < 1.29 is 25.3 Å². The molecule has 0 bridgehead atoms. The van der Waals surface area contributed by atoms with Crippen LogP contribution >= 0.6 is 23.2 Å². The number of rotatable bonds is 10. The Labute approximate surface area is 384 Å². The second-order valence-corrected chi connectivity index (χ2v) is 18.0. The lowest BCUT2D eigenvalue weighted by molar-refractivity contribution is -0.135. The molecule has 1 N–H and O–H groups in total. The normalized spacial score (nSPS) is 19.3. The number of pyridine rings is 2. The van der Waals surface area contributed by atoms with Gasteiger partial charge in [0, 0.05) is 57.1 Å². The summed E-state index contributed by atoms with van der Waals surface area (Å²) < 4.78 is 22.0. The smallest absolute Gasteiger partial charge is 0.329 e. The van der Waals surface area contributed by atoms with Crippen LogP contribution in [0.25, 0.3) is 22.4 Å². The number of nitrogens with zero attached hydrogens (tertiary/aromatic N) is 8. The number of piperidine rings is 2.